The summed E-state index contributed by atoms with van der Waals surface area (Å²) in [4.78, 5) is 21.6. The van der Waals surface area contributed by atoms with Gasteiger partial charge in [-0.1, -0.05) is 6.92 Å². The Kier molecular flexibility index (Phi) is 6.27. The van der Waals surface area contributed by atoms with E-state index >= 15 is 0 Å². The first-order valence-corrected chi connectivity index (χ1v) is 10.8. The number of benzene rings is 1. The van der Waals surface area contributed by atoms with Crippen molar-refractivity contribution in [1.29, 1.82) is 0 Å². The van der Waals surface area contributed by atoms with Crippen LogP contribution in [-0.2, 0) is 6.54 Å². The van der Waals surface area contributed by atoms with Crippen LogP contribution in [0.25, 0.3) is 10.6 Å². The lowest BCUT2D eigenvalue weighted by atomic mass is 10.2. The average molecular weight is 412 g/mol. The fourth-order valence-electron chi connectivity index (χ4n) is 3.31. The zero-order chi connectivity index (χ0) is 20.1. The average Bonchev–Trinajstić information content (AvgIpc) is 3.45. The van der Waals surface area contributed by atoms with Gasteiger partial charge in [-0.3, -0.25) is 9.69 Å². The SMILES string of the molecule is CCCOc1ccc(-c2nc(C(=O)N3CCN(Cc4ccco4)CC3)cs2)cc1. The van der Waals surface area contributed by atoms with E-state index in [0.29, 0.717) is 25.4 Å². The van der Waals surface area contributed by atoms with Crippen LogP contribution in [0.15, 0.2) is 52.5 Å². The molecule has 152 valence electrons. The normalized spacial score (nSPS) is 14.9. The third-order valence-corrected chi connectivity index (χ3v) is 5.81. The van der Waals surface area contributed by atoms with Crippen LogP contribution in [0.1, 0.15) is 29.6 Å². The summed E-state index contributed by atoms with van der Waals surface area (Å²) in [5.41, 5.74) is 1.52. The predicted molar refractivity (Wildman–Crippen MR) is 113 cm³/mol. The van der Waals surface area contributed by atoms with Gasteiger partial charge in [-0.2, -0.15) is 0 Å². The number of furan rings is 1. The van der Waals surface area contributed by atoms with Gasteiger partial charge >= 0.3 is 0 Å². The van der Waals surface area contributed by atoms with E-state index in [0.717, 1.165) is 48.1 Å². The molecule has 1 amide bonds. The van der Waals surface area contributed by atoms with Crippen LogP contribution in [0, 0.1) is 0 Å². The van der Waals surface area contributed by atoms with Crippen LogP contribution in [0.2, 0.25) is 0 Å². The van der Waals surface area contributed by atoms with Crippen LogP contribution in [0.5, 0.6) is 5.75 Å². The number of rotatable bonds is 7. The highest BCUT2D eigenvalue weighted by atomic mass is 32.1. The van der Waals surface area contributed by atoms with Gasteiger partial charge < -0.3 is 14.1 Å². The maximum atomic E-state index is 12.9. The van der Waals surface area contributed by atoms with Crippen LogP contribution >= 0.6 is 11.3 Å². The lowest BCUT2D eigenvalue weighted by Gasteiger charge is -2.33. The molecular weight excluding hydrogens is 386 g/mol. The quantitative estimate of drug-likeness (QED) is 0.585. The van der Waals surface area contributed by atoms with Gasteiger partial charge in [-0.05, 0) is 42.8 Å². The van der Waals surface area contributed by atoms with E-state index in [9.17, 15) is 4.79 Å². The van der Waals surface area contributed by atoms with Crippen molar-refractivity contribution >= 4 is 17.2 Å². The number of carbonyl (C=O) groups is 1. The molecule has 1 aliphatic rings. The Labute approximate surface area is 174 Å². The summed E-state index contributed by atoms with van der Waals surface area (Å²) in [5, 5.41) is 2.71. The summed E-state index contributed by atoms with van der Waals surface area (Å²) < 4.78 is 11.0. The van der Waals surface area contributed by atoms with Crippen molar-refractivity contribution in [2.24, 2.45) is 0 Å². The minimum absolute atomic E-state index is 0.00745. The second-order valence-corrected chi connectivity index (χ2v) is 7.92. The monoisotopic (exact) mass is 411 g/mol. The standard InChI is InChI=1S/C22H25N3O3S/c1-2-13-27-18-7-5-17(6-8-18)21-23-20(16-29-21)22(26)25-11-9-24(10-12-25)15-19-4-3-14-28-19/h3-8,14,16H,2,9-13,15H2,1H3. The molecule has 7 heteroatoms. The number of nitrogens with zero attached hydrogens (tertiary/aromatic N) is 3. The molecule has 1 saturated heterocycles. The Hall–Kier alpha value is -2.64. The topological polar surface area (TPSA) is 58.8 Å². The van der Waals surface area contributed by atoms with Crippen molar-refractivity contribution in [1.82, 2.24) is 14.8 Å². The zero-order valence-corrected chi connectivity index (χ0v) is 17.4. The third kappa shape index (κ3) is 4.86. The van der Waals surface area contributed by atoms with Crippen molar-refractivity contribution < 1.29 is 13.9 Å². The molecule has 3 aromatic rings. The molecule has 0 radical (unpaired) electrons. The van der Waals surface area contributed by atoms with E-state index in [1.54, 1.807) is 6.26 Å². The molecule has 0 aliphatic carbocycles. The summed E-state index contributed by atoms with van der Waals surface area (Å²) in [5.74, 6) is 1.82. The molecule has 4 rings (SSSR count). The molecule has 0 saturated carbocycles. The zero-order valence-electron chi connectivity index (χ0n) is 16.5. The Bertz CT molecular complexity index is 913. The van der Waals surface area contributed by atoms with E-state index in [-0.39, 0.29) is 5.91 Å². The van der Waals surface area contributed by atoms with Gasteiger partial charge in [0.05, 0.1) is 19.4 Å². The van der Waals surface area contributed by atoms with E-state index in [1.165, 1.54) is 11.3 Å². The molecule has 3 heterocycles. The van der Waals surface area contributed by atoms with Gasteiger partial charge in [0.15, 0.2) is 0 Å². The fraction of sp³-hybridized carbons (Fsp3) is 0.364. The van der Waals surface area contributed by atoms with Crippen molar-refractivity contribution in [3.05, 3.63) is 59.5 Å². The van der Waals surface area contributed by atoms with Crippen molar-refractivity contribution in [2.75, 3.05) is 32.8 Å². The molecule has 1 fully saturated rings. The van der Waals surface area contributed by atoms with Crippen LogP contribution in [-0.4, -0.2) is 53.5 Å². The number of amides is 1. The number of hydrogen-bond donors (Lipinski definition) is 0. The molecule has 29 heavy (non-hydrogen) atoms. The van der Waals surface area contributed by atoms with Gasteiger partial charge in [0.2, 0.25) is 0 Å². The summed E-state index contributed by atoms with van der Waals surface area (Å²) in [6.07, 6.45) is 2.68. The highest BCUT2D eigenvalue weighted by molar-refractivity contribution is 7.13. The summed E-state index contributed by atoms with van der Waals surface area (Å²) in [6, 6.07) is 11.8. The van der Waals surface area contributed by atoms with Gasteiger partial charge in [-0.15, -0.1) is 11.3 Å². The van der Waals surface area contributed by atoms with Crippen LogP contribution in [0.3, 0.4) is 0 Å². The molecule has 1 aliphatic heterocycles. The number of aromatic nitrogens is 1. The van der Waals surface area contributed by atoms with Gasteiger partial charge in [0.25, 0.3) is 5.91 Å². The first-order chi connectivity index (χ1) is 14.2. The lowest BCUT2D eigenvalue weighted by molar-refractivity contribution is 0.0615. The Morgan fingerprint density at radius 3 is 2.66 bits per heavy atom. The first kappa shape index (κ1) is 19.7. The van der Waals surface area contributed by atoms with E-state index in [2.05, 4.69) is 16.8 Å². The molecule has 0 spiro atoms. The van der Waals surface area contributed by atoms with Gasteiger partial charge in [-0.25, -0.2) is 4.98 Å². The summed E-state index contributed by atoms with van der Waals surface area (Å²) in [6.45, 7) is 6.66. The van der Waals surface area contributed by atoms with E-state index in [4.69, 9.17) is 9.15 Å². The molecule has 0 unspecified atom stereocenters. The number of piperazine rings is 1. The maximum Gasteiger partial charge on any atom is 0.273 e. The number of carbonyl (C=O) groups excluding carboxylic acids is 1. The fourth-order valence-corrected chi connectivity index (χ4v) is 4.11. The smallest absolute Gasteiger partial charge is 0.273 e. The summed E-state index contributed by atoms with van der Waals surface area (Å²) >= 11 is 1.50. The molecule has 6 nitrogen and oxygen atoms in total. The molecule has 1 aromatic carbocycles. The van der Waals surface area contributed by atoms with Gasteiger partial charge in [0.1, 0.15) is 22.2 Å². The first-order valence-electron chi connectivity index (χ1n) is 9.95. The highest BCUT2D eigenvalue weighted by Gasteiger charge is 2.24. The number of hydrogen-bond acceptors (Lipinski definition) is 6. The van der Waals surface area contributed by atoms with Crippen molar-refractivity contribution in [3.63, 3.8) is 0 Å². The van der Waals surface area contributed by atoms with Crippen LogP contribution in [0.4, 0.5) is 0 Å². The highest BCUT2D eigenvalue weighted by Crippen LogP contribution is 2.26. The van der Waals surface area contributed by atoms with Crippen molar-refractivity contribution in [3.8, 4) is 16.3 Å². The Morgan fingerprint density at radius 2 is 1.97 bits per heavy atom. The molecule has 2 aromatic heterocycles. The molecule has 0 bridgehead atoms. The minimum Gasteiger partial charge on any atom is -0.494 e. The van der Waals surface area contributed by atoms with Crippen LogP contribution < -0.4 is 4.74 Å². The predicted octanol–water partition coefficient (Wildman–Crippen LogP) is 4.15. The largest absolute Gasteiger partial charge is 0.494 e. The second-order valence-electron chi connectivity index (χ2n) is 7.06. The Balaban J connectivity index is 1.34. The van der Waals surface area contributed by atoms with E-state index in [1.807, 2.05) is 46.7 Å². The second kappa shape index (κ2) is 9.24. The third-order valence-electron chi connectivity index (χ3n) is 4.92. The lowest BCUT2D eigenvalue weighted by Crippen LogP contribution is -2.48. The minimum atomic E-state index is 0.00745. The summed E-state index contributed by atoms with van der Waals surface area (Å²) in [7, 11) is 0. The molecule has 0 atom stereocenters. The number of ether oxygens (including phenoxy) is 1. The molecule has 0 N–H and O–H groups in total. The number of thiazole rings is 1. The maximum absolute atomic E-state index is 12.9. The van der Waals surface area contributed by atoms with Crippen molar-refractivity contribution in [2.45, 2.75) is 19.9 Å². The van der Waals surface area contributed by atoms with Gasteiger partial charge in [0, 0.05) is 37.1 Å². The van der Waals surface area contributed by atoms with E-state index < -0.39 is 0 Å². The Morgan fingerprint density at radius 1 is 1.17 bits per heavy atom. The molecular formula is C22H25N3O3S.